The van der Waals surface area contributed by atoms with Gasteiger partial charge in [-0.25, -0.2) is 0 Å². The first kappa shape index (κ1) is 23.6. The van der Waals surface area contributed by atoms with E-state index in [4.69, 9.17) is 0 Å². The Labute approximate surface area is 180 Å². The van der Waals surface area contributed by atoms with Crippen molar-refractivity contribution in [3.05, 3.63) is 59.5 Å². The Morgan fingerprint density at radius 1 is 1.07 bits per heavy atom. The molecule has 1 atom stereocenters. The Balaban J connectivity index is 0.000000396. The number of rotatable bonds is 7. The van der Waals surface area contributed by atoms with Gasteiger partial charge < -0.3 is 15.2 Å². The van der Waals surface area contributed by atoms with Crippen LogP contribution >= 0.6 is 0 Å². The highest BCUT2D eigenvalue weighted by Gasteiger charge is 2.18. The summed E-state index contributed by atoms with van der Waals surface area (Å²) in [7, 11) is 0. The molecule has 0 spiro atoms. The SMILES string of the molecule is CCCNCCC.Cc1ccc(C)c(NC(=O)C(C)n2cc(C)c3ccncc32)c1. The first-order valence-corrected chi connectivity index (χ1v) is 10.9. The molecule has 0 radical (unpaired) electrons. The van der Waals surface area contributed by atoms with Crippen molar-refractivity contribution in [2.45, 2.75) is 60.4 Å². The number of aromatic nitrogens is 2. The van der Waals surface area contributed by atoms with Crippen LogP contribution in [0.2, 0.25) is 0 Å². The number of pyridine rings is 1. The molecule has 1 unspecified atom stereocenters. The molecule has 1 aromatic carbocycles. The lowest BCUT2D eigenvalue weighted by atomic mass is 10.1. The number of carbonyl (C=O) groups is 1. The number of aryl methyl sites for hydroxylation is 3. The number of hydrogen-bond acceptors (Lipinski definition) is 3. The molecular formula is C25H36N4O. The smallest absolute Gasteiger partial charge is 0.247 e. The van der Waals surface area contributed by atoms with Gasteiger partial charge in [0.25, 0.3) is 0 Å². The molecule has 2 heterocycles. The predicted octanol–water partition coefficient (Wildman–Crippen LogP) is 5.56. The van der Waals surface area contributed by atoms with Crippen LogP contribution < -0.4 is 10.6 Å². The summed E-state index contributed by atoms with van der Waals surface area (Å²) in [5, 5.41) is 7.46. The van der Waals surface area contributed by atoms with Crippen LogP contribution in [0.15, 0.2) is 42.9 Å². The quantitative estimate of drug-likeness (QED) is 0.503. The van der Waals surface area contributed by atoms with Crippen LogP contribution in [0.3, 0.4) is 0 Å². The third kappa shape index (κ3) is 6.17. The van der Waals surface area contributed by atoms with Gasteiger partial charge in [0, 0.05) is 23.5 Å². The zero-order valence-electron chi connectivity index (χ0n) is 19.2. The molecule has 0 aliphatic carbocycles. The average Bonchev–Trinajstić information content (AvgIpc) is 3.08. The van der Waals surface area contributed by atoms with Crippen LogP contribution in [0.4, 0.5) is 5.69 Å². The highest BCUT2D eigenvalue weighted by molar-refractivity contribution is 5.95. The van der Waals surface area contributed by atoms with Gasteiger partial charge in [-0.1, -0.05) is 26.0 Å². The lowest BCUT2D eigenvalue weighted by molar-refractivity contribution is -0.118. The van der Waals surface area contributed by atoms with Gasteiger partial charge in [-0.2, -0.15) is 0 Å². The van der Waals surface area contributed by atoms with E-state index in [0.29, 0.717) is 0 Å². The van der Waals surface area contributed by atoms with Crippen LogP contribution in [-0.2, 0) is 4.79 Å². The van der Waals surface area contributed by atoms with E-state index in [2.05, 4.69) is 29.5 Å². The van der Waals surface area contributed by atoms with Crippen molar-refractivity contribution >= 4 is 22.5 Å². The summed E-state index contributed by atoms with van der Waals surface area (Å²) in [6, 6.07) is 7.74. The van der Waals surface area contributed by atoms with Crippen molar-refractivity contribution < 1.29 is 4.79 Å². The molecular weight excluding hydrogens is 372 g/mol. The summed E-state index contributed by atoms with van der Waals surface area (Å²) in [5.74, 6) is -0.0283. The summed E-state index contributed by atoms with van der Waals surface area (Å²) in [6.07, 6.45) is 8.10. The Kier molecular flexibility index (Phi) is 9.06. The van der Waals surface area contributed by atoms with Gasteiger partial charge >= 0.3 is 0 Å². The zero-order valence-corrected chi connectivity index (χ0v) is 19.2. The minimum Gasteiger partial charge on any atom is -0.334 e. The third-order valence-corrected chi connectivity index (χ3v) is 5.14. The van der Waals surface area contributed by atoms with E-state index in [0.717, 1.165) is 33.3 Å². The highest BCUT2D eigenvalue weighted by Crippen LogP contribution is 2.25. The van der Waals surface area contributed by atoms with Gasteiger partial charge in [-0.3, -0.25) is 9.78 Å². The van der Waals surface area contributed by atoms with Crippen LogP contribution in [-0.4, -0.2) is 28.5 Å². The predicted molar refractivity (Wildman–Crippen MR) is 127 cm³/mol. The van der Waals surface area contributed by atoms with E-state index in [1.54, 1.807) is 6.20 Å². The van der Waals surface area contributed by atoms with Crippen molar-refractivity contribution in [1.82, 2.24) is 14.9 Å². The standard InChI is InChI=1S/C19H21N3O.C6H15N/c1-12-5-6-13(2)17(9-12)21-19(23)15(4)22-11-14(3)16-7-8-20-10-18(16)22;1-3-5-7-6-4-2/h5-11,15H,1-4H3,(H,21,23);7H,3-6H2,1-2H3. The normalized spacial score (nSPS) is 11.7. The molecule has 0 aliphatic rings. The molecule has 3 aromatic rings. The van der Waals surface area contributed by atoms with E-state index in [9.17, 15) is 4.79 Å². The van der Waals surface area contributed by atoms with Crippen molar-refractivity contribution in [3.8, 4) is 0 Å². The second-order valence-electron chi connectivity index (χ2n) is 7.85. The molecule has 0 aliphatic heterocycles. The van der Waals surface area contributed by atoms with E-state index >= 15 is 0 Å². The fourth-order valence-electron chi connectivity index (χ4n) is 3.31. The van der Waals surface area contributed by atoms with Crippen LogP contribution in [0.5, 0.6) is 0 Å². The molecule has 1 amide bonds. The number of nitrogens with zero attached hydrogens (tertiary/aromatic N) is 2. The van der Waals surface area contributed by atoms with E-state index in [1.165, 1.54) is 25.9 Å². The Hall–Kier alpha value is -2.66. The fraction of sp³-hybridized carbons (Fsp3) is 0.440. The molecule has 0 saturated heterocycles. The van der Waals surface area contributed by atoms with Crippen molar-refractivity contribution in [1.29, 1.82) is 0 Å². The Morgan fingerprint density at radius 3 is 2.43 bits per heavy atom. The molecule has 2 aromatic heterocycles. The van der Waals surface area contributed by atoms with Crippen molar-refractivity contribution in [2.75, 3.05) is 18.4 Å². The number of hydrogen-bond donors (Lipinski definition) is 2. The maximum atomic E-state index is 12.7. The second kappa shape index (κ2) is 11.5. The summed E-state index contributed by atoms with van der Waals surface area (Å²) in [5.41, 5.74) is 5.19. The number of nitrogens with one attached hydrogen (secondary N) is 2. The summed E-state index contributed by atoms with van der Waals surface area (Å²) < 4.78 is 1.98. The molecule has 0 bridgehead atoms. The van der Waals surface area contributed by atoms with Gasteiger partial charge in [0.2, 0.25) is 5.91 Å². The largest absolute Gasteiger partial charge is 0.334 e. The highest BCUT2D eigenvalue weighted by atomic mass is 16.2. The number of amides is 1. The molecule has 162 valence electrons. The first-order chi connectivity index (χ1) is 14.4. The van der Waals surface area contributed by atoms with Crippen LogP contribution in [0.1, 0.15) is 56.3 Å². The van der Waals surface area contributed by atoms with E-state index in [1.807, 2.05) is 68.9 Å². The fourth-order valence-corrected chi connectivity index (χ4v) is 3.31. The van der Waals surface area contributed by atoms with E-state index in [-0.39, 0.29) is 11.9 Å². The Bertz CT molecular complexity index is 957. The third-order valence-electron chi connectivity index (χ3n) is 5.14. The lowest BCUT2D eigenvalue weighted by Crippen LogP contribution is -2.23. The molecule has 0 fully saturated rings. The first-order valence-electron chi connectivity index (χ1n) is 10.9. The summed E-state index contributed by atoms with van der Waals surface area (Å²) in [6.45, 7) is 14.7. The van der Waals surface area contributed by atoms with Gasteiger partial charge in [0.15, 0.2) is 0 Å². The van der Waals surface area contributed by atoms with E-state index < -0.39 is 0 Å². The monoisotopic (exact) mass is 408 g/mol. The molecule has 0 saturated carbocycles. The lowest BCUT2D eigenvalue weighted by Gasteiger charge is -2.16. The number of benzene rings is 1. The maximum absolute atomic E-state index is 12.7. The summed E-state index contributed by atoms with van der Waals surface area (Å²) >= 11 is 0. The molecule has 3 rings (SSSR count). The van der Waals surface area contributed by atoms with Crippen LogP contribution in [0, 0.1) is 20.8 Å². The molecule has 5 nitrogen and oxygen atoms in total. The van der Waals surface area contributed by atoms with Crippen LogP contribution in [0.25, 0.3) is 10.9 Å². The minimum absolute atomic E-state index is 0.0283. The molecule has 2 N–H and O–H groups in total. The maximum Gasteiger partial charge on any atom is 0.247 e. The number of fused-ring (bicyclic) bond motifs is 1. The minimum atomic E-state index is -0.310. The number of carbonyl (C=O) groups excluding carboxylic acids is 1. The van der Waals surface area contributed by atoms with Crippen molar-refractivity contribution in [3.63, 3.8) is 0 Å². The molecule has 5 heteroatoms. The number of anilines is 1. The van der Waals surface area contributed by atoms with Gasteiger partial charge in [-0.05, 0) is 82.4 Å². The average molecular weight is 409 g/mol. The topological polar surface area (TPSA) is 58.9 Å². The van der Waals surface area contributed by atoms with Gasteiger partial charge in [0.05, 0.1) is 11.7 Å². The van der Waals surface area contributed by atoms with Crippen molar-refractivity contribution in [2.24, 2.45) is 0 Å². The zero-order chi connectivity index (χ0) is 22.1. The Morgan fingerprint density at radius 2 is 1.77 bits per heavy atom. The van der Waals surface area contributed by atoms with Gasteiger partial charge in [0.1, 0.15) is 6.04 Å². The second-order valence-corrected chi connectivity index (χ2v) is 7.85. The summed E-state index contributed by atoms with van der Waals surface area (Å²) in [4.78, 5) is 16.9. The van der Waals surface area contributed by atoms with Gasteiger partial charge in [-0.15, -0.1) is 0 Å². The molecule has 30 heavy (non-hydrogen) atoms.